The highest BCUT2D eigenvalue weighted by molar-refractivity contribution is 5.96. The summed E-state index contributed by atoms with van der Waals surface area (Å²) in [5, 5.41) is 2.46. The fourth-order valence-electron chi connectivity index (χ4n) is 9.70. The van der Waals surface area contributed by atoms with E-state index >= 15 is 0 Å². The lowest BCUT2D eigenvalue weighted by Crippen LogP contribution is -2.25. The van der Waals surface area contributed by atoms with Gasteiger partial charge in [0.15, 0.2) is 17.5 Å². The second-order valence-corrected chi connectivity index (χ2v) is 16.8. The van der Waals surface area contributed by atoms with Gasteiger partial charge in [-0.25, -0.2) is 15.0 Å². The third-order valence-corrected chi connectivity index (χ3v) is 12.9. The Bertz CT molecular complexity index is 3120. The van der Waals surface area contributed by atoms with Crippen molar-refractivity contribution in [1.82, 2.24) is 15.0 Å². The molecule has 0 saturated heterocycles. The highest BCUT2D eigenvalue weighted by atomic mass is 15.0. The van der Waals surface area contributed by atoms with Crippen molar-refractivity contribution in [2.24, 2.45) is 5.92 Å². The molecule has 0 radical (unpaired) electrons. The van der Waals surface area contributed by atoms with Crippen molar-refractivity contribution in [3.63, 3.8) is 0 Å². The first-order valence-electron chi connectivity index (χ1n) is 21.2. The van der Waals surface area contributed by atoms with Gasteiger partial charge in [0.05, 0.1) is 0 Å². The lowest BCUT2D eigenvalue weighted by molar-refractivity contribution is 0.395. The molecule has 0 N–H and O–H groups in total. The predicted octanol–water partition coefficient (Wildman–Crippen LogP) is 14.8. The average molecular weight is 782 g/mol. The second kappa shape index (κ2) is 15.0. The summed E-state index contributed by atoms with van der Waals surface area (Å²) in [6.07, 6.45) is 9.17. The number of rotatable bonds is 7. The van der Waals surface area contributed by atoms with E-state index in [0.29, 0.717) is 29.3 Å². The number of aromatic nitrogens is 3. The smallest absolute Gasteiger partial charge is 0.164 e. The van der Waals surface area contributed by atoms with Crippen molar-refractivity contribution in [1.29, 1.82) is 0 Å². The van der Waals surface area contributed by atoms with E-state index in [1.54, 1.807) is 0 Å². The summed E-state index contributed by atoms with van der Waals surface area (Å²) in [7, 11) is 0. The third-order valence-electron chi connectivity index (χ3n) is 12.9. The van der Waals surface area contributed by atoms with Crippen LogP contribution in [0.4, 0.5) is 0 Å². The topological polar surface area (TPSA) is 38.7 Å². The fourth-order valence-corrected chi connectivity index (χ4v) is 9.70. The Morgan fingerprint density at radius 3 is 1.38 bits per heavy atom. The van der Waals surface area contributed by atoms with E-state index in [1.165, 1.54) is 49.7 Å². The van der Waals surface area contributed by atoms with Crippen LogP contribution in [0.15, 0.2) is 212 Å². The Morgan fingerprint density at radius 2 is 0.787 bits per heavy atom. The maximum atomic E-state index is 5.14. The zero-order chi connectivity index (χ0) is 40.9. The largest absolute Gasteiger partial charge is 0.208 e. The fraction of sp³-hybridized carbons (Fsp3) is 0.0862. The van der Waals surface area contributed by atoms with E-state index < -0.39 is 0 Å². The number of fused-ring (bicyclic) bond motifs is 4. The summed E-state index contributed by atoms with van der Waals surface area (Å²) in [4.78, 5) is 15.4. The molecule has 3 heteroatoms. The molecule has 0 amide bonds. The van der Waals surface area contributed by atoms with Gasteiger partial charge < -0.3 is 0 Å². The van der Waals surface area contributed by atoms with E-state index in [4.69, 9.17) is 15.0 Å². The van der Waals surface area contributed by atoms with Gasteiger partial charge in [-0.2, -0.15) is 0 Å². The van der Waals surface area contributed by atoms with E-state index in [9.17, 15) is 0 Å². The van der Waals surface area contributed by atoms with Gasteiger partial charge in [0, 0.05) is 22.6 Å². The van der Waals surface area contributed by atoms with Crippen LogP contribution in [-0.2, 0) is 5.41 Å². The molecule has 2 atom stereocenters. The van der Waals surface area contributed by atoms with Crippen LogP contribution in [0.2, 0.25) is 0 Å². The van der Waals surface area contributed by atoms with Gasteiger partial charge in [-0.1, -0.05) is 226 Å². The molecule has 0 spiro atoms. The molecular weight excluding hydrogens is 739 g/mol. The van der Waals surface area contributed by atoms with Gasteiger partial charge in [0.1, 0.15) is 0 Å². The number of hydrogen-bond donors (Lipinski definition) is 0. The van der Waals surface area contributed by atoms with Gasteiger partial charge >= 0.3 is 0 Å². The SMILES string of the molecule is CC1(C)c2c(-c3ccc(-c4nc(-c5ccc(-c6ccc(-c7ccccc7)cc6)cc5)nc(-c5ccc(-c6cccc7ccccc67)cc5)n4)cc3)cccc2C2C=CC=CC21. The summed E-state index contributed by atoms with van der Waals surface area (Å²) in [5.41, 5.74) is 15.3. The van der Waals surface area contributed by atoms with E-state index in [0.717, 1.165) is 33.4 Å². The van der Waals surface area contributed by atoms with Crippen molar-refractivity contribution in [2.45, 2.75) is 25.2 Å². The van der Waals surface area contributed by atoms with Crippen molar-refractivity contribution in [3.8, 4) is 78.7 Å². The highest BCUT2D eigenvalue weighted by Gasteiger charge is 2.45. The molecule has 0 saturated carbocycles. The minimum Gasteiger partial charge on any atom is -0.208 e. The molecule has 2 unspecified atom stereocenters. The summed E-state index contributed by atoms with van der Waals surface area (Å²) >= 11 is 0. The van der Waals surface area contributed by atoms with Gasteiger partial charge in [-0.05, 0) is 77.7 Å². The minimum absolute atomic E-state index is 0.0128. The zero-order valence-corrected chi connectivity index (χ0v) is 34.2. The molecule has 0 fully saturated rings. The van der Waals surface area contributed by atoms with Gasteiger partial charge in [0.25, 0.3) is 0 Å². The molecule has 0 aliphatic heterocycles. The predicted molar refractivity (Wildman–Crippen MR) is 253 cm³/mol. The first-order chi connectivity index (χ1) is 30.0. The lowest BCUT2D eigenvalue weighted by atomic mass is 9.73. The molecule has 3 nitrogen and oxygen atoms in total. The molecule has 0 bridgehead atoms. The molecule has 2 aliphatic carbocycles. The zero-order valence-electron chi connectivity index (χ0n) is 34.2. The molecule has 2 aliphatic rings. The minimum atomic E-state index is 0.0128. The van der Waals surface area contributed by atoms with Crippen LogP contribution in [0.25, 0.3) is 89.4 Å². The molecule has 290 valence electrons. The molecular formula is C58H43N3. The van der Waals surface area contributed by atoms with E-state index in [1.807, 2.05) is 6.07 Å². The quantitative estimate of drug-likeness (QED) is 0.162. The summed E-state index contributed by atoms with van der Waals surface area (Å²) < 4.78 is 0. The number of nitrogens with zero attached hydrogens (tertiary/aromatic N) is 3. The van der Waals surface area contributed by atoms with Crippen LogP contribution < -0.4 is 0 Å². The van der Waals surface area contributed by atoms with Crippen molar-refractivity contribution in [3.05, 3.63) is 223 Å². The Morgan fingerprint density at radius 1 is 0.361 bits per heavy atom. The number of benzene rings is 8. The third kappa shape index (κ3) is 6.60. The van der Waals surface area contributed by atoms with Crippen molar-refractivity contribution in [2.75, 3.05) is 0 Å². The number of hydrogen-bond acceptors (Lipinski definition) is 3. The number of allylic oxidation sites excluding steroid dienone is 4. The van der Waals surface area contributed by atoms with Crippen molar-refractivity contribution >= 4 is 10.8 Å². The van der Waals surface area contributed by atoms with Gasteiger partial charge in [0.2, 0.25) is 0 Å². The average Bonchev–Trinajstić information content (AvgIpc) is 3.57. The first kappa shape index (κ1) is 36.6. The normalized spacial score (nSPS) is 16.0. The van der Waals surface area contributed by atoms with Crippen LogP contribution in [0.5, 0.6) is 0 Å². The maximum absolute atomic E-state index is 5.14. The standard InChI is InChI=1S/C58H43N3/c1-58(2)53-21-9-8-17-51(53)52-20-11-19-50(54(52)58)44-30-36-47(37-31-44)57-60-55(45-32-26-41(27-33-45)40-24-22-39(23-25-40)38-12-4-3-5-13-38)59-56(61-57)46-34-28-43(29-35-46)49-18-10-15-42-14-6-7-16-48(42)49/h3-37,51,53H,1-2H3. The van der Waals surface area contributed by atoms with Crippen LogP contribution >= 0.6 is 0 Å². The van der Waals surface area contributed by atoms with Crippen LogP contribution in [0.3, 0.4) is 0 Å². The van der Waals surface area contributed by atoms with Gasteiger partial charge in [-0.3, -0.25) is 0 Å². The Balaban J connectivity index is 0.960. The molecule has 8 aromatic carbocycles. The van der Waals surface area contributed by atoms with Crippen LogP contribution in [0.1, 0.15) is 30.9 Å². The molecule has 1 aromatic heterocycles. The Kier molecular flexibility index (Phi) is 8.97. The highest BCUT2D eigenvalue weighted by Crippen LogP contribution is 2.55. The Hall–Kier alpha value is -7.49. The van der Waals surface area contributed by atoms with E-state index in [-0.39, 0.29) is 5.41 Å². The maximum Gasteiger partial charge on any atom is 0.164 e. The molecule has 9 aromatic rings. The van der Waals surface area contributed by atoms with Crippen LogP contribution in [0, 0.1) is 5.92 Å². The summed E-state index contributed by atoms with van der Waals surface area (Å²) in [5.74, 6) is 2.78. The second-order valence-electron chi connectivity index (χ2n) is 16.8. The molecule has 61 heavy (non-hydrogen) atoms. The molecule has 1 heterocycles. The first-order valence-corrected chi connectivity index (χ1v) is 21.2. The van der Waals surface area contributed by atoms with Gasteiger partial charge in [-0.15, -0.1) is 0 Å². The Labute approximate surface area is 357 Å². The van der Waals surface area contributed by atoms with Crippen LogP contribution in [-0.4, -0.2) is 15.0 Å². The summed E-state index contributed by atoms with van der Waals surface area (Å²) in [6, 6.07) is 67.0. The van der Waals surface area contributed by atoms with E-state index in [2.05, 4.69) is 220 Å². The summed E-state index contributed by atoms with van der Waals surface area (Å²) in [6.45, 7) is 4.79. The monoisotopic (exact) mass is 781 g/mol. The molecule has 11 rings (SSSR count). The van der Waals surface area contributed by atoms with Crippen molar-refractivity contribution < 1.29 is 0 Å². The lowest BCUT2D eigenvalue weighted by Gasteiger charge is -2.30.